The first-order valence-corrected chi connectivity index (χ1v) is 8.42. The third-order valence-electron chi connectivity index (χ3n) is 4.64. The highest BCUT2D eigenvalue weighted by Crippen LogP contribution is 2.48. The molecule has 0 aliphatic heterocycles. The lowest BCUT2D eigenvalue weighted by molar-refractivity contribution is 0.00390. The second-order valence-corrected chi connectivity index (χ2v) is 7.34. The Hall–Kier alpha value is -0.440. The van der Waals surface area contributed by atoms with Crippen molar-refractivity contribution in [2.24, 2.45) is 11.3 Å². The standard InChI is InChI=1S/C17H24Cl2O2/c1-4-21-15-10-13(18)11(9-14(15)19)16(20)12-7-5-6-8-17(12,2)3/h9-10,12,16,20H,4-8H2,1-3H3. The van der Waals surface area contributed by atoms with E-state index in [4.69, 9.17) is 27.9 Å². The summed E-state index contributed by atoms with van der Waals surface area (Å²) in [4.78, 5) is 0. The van der Waals surface area contributed by atoms with Crippen molar-refractivity contribution >= 4 is 23.2 Å². The Morgan fingerprint density at radius 2 is 2.00 bits per heavy atom. The summed E-state index contributed by atoms with van der Waals surface area (Å²) in [5.74, 6) is 0.779. The highest BCUT2D eigenvalue weighted by molar-refractivity contribution is 6.34. The van der Waals surface area contributed by atoms with Gasteiger partial charge in [-0.2, -0.15) is 0 Å². The van der Waals surface area contributed by atoms with Crippen molar-refractivity contribution in [1.29, 1.82) is 0 Å². The van der Waals surface area contributed by atoms with Gasteiger partial charge in [-0.3, -0.25) is 0 Å². The molecule has 1 fully saturated rings. The molecule has 4 heteroatoms. The van der Waals surface area contributed by atoms with Gasteiger partial charge in [0.05, 0.1) is 22.8 Å². The number of halogens is 2. The van der Waals surface area contributed by atoms with Gasteiger partial charge < -0.3 is 9.84 Å². The van der Waals surface area contributed by atoms with Crippen molar-refractivity contribution in [1.82, 2.24) is 0 Å². The predicted octanol–water partition coefficient (Wildman–Crippen LogP) is 5.64. The maximum atomic E-state index is 10.8. The first kappa shape index (κ1) is 16.9. The Bertz CT molecular complexity index is 500. The molecule has 1 aromatic carbocycles. The van der Waals surface area contributed by atoms with Crippen LogP contribution in [0.5, 0.6) is 5.75 Å². The van der Waals surface area contributed by atoms with Crippen LogP contribution in [0, 0.1) is 11.3 Å². The zero-order valence-electron chi connectivity index (χ0n) is 13.0. The van der Waals surface area contributed by atoms with Crippen LogP contribution in [0.1, 0.15) is 58.1 Å². The summed E-state index contributed by atoms with van der Waals surface area (Å²) >= 11 is 12.6. The monoisotopic (exact) mass is 330 g/mol. The number of rotatable bonds is 4. The minimum Gasteiger partial charge on any atom is -0.492 e. The SMILES string of the molecule is CCOc1cc(Cl)c(C(O)C2CCCCC2(C)C)cc1Cl. The summed E-state index contributed by atoms with van der Waals surface area (Å²) in [5.41, 5.74) is 0.830. The molecular formula is C17H24Cl2O2. The number of hydrogen-bond acceptors (Lipinski definition) is 2. The highest BCUT2D eigenvalue weighted by atomic mass is 35.5. The number of aliphatic hydroxyl groups is 1. The average molecular weight is 331 g/mol. The molecule has 1 aromatic rings. The molecule has 1 aliphatic carbocycles. The number of hydrogen-bond donors (Lipinski definition) is 1. The Morgan fingerprint density at radius 1 is 1.29 bits per heavy atom. The molecule has 0 amide bonds. The Morgan fingerprint density at radius 3 is 2.62 bits per heavy atom. The molecule has 0 bridgehead atoms. The van der Waals surface area contributed by atoms with E-state index in [0.717, 1.165) is 19.3 Å². The van der Waals surface area contributed by atoms with E-state index in [-0.39, 0.29) is 11.3 Å². The molecule has 0 heterocycles. The minimum absolute atomic E-state index is 0.117. The van der Waals surface area contributed by atoms with Crippen molar-refractivity contribution < 1.29 is 9.84 Å². The molecule has 21 heavy (non-hydrogen) atoms. The van der Waals surface area contributed by atoms with E-state index in [1.54, 1.807) is 12.1 Å². The number of benzene rings is 1. The molecule has 0 aromatic heterocycles. The van der Waals surface area contributed by atoms with Crippen LogP contribution in [0.4, 0.5) is 0 Å². The summed E-state index contributed by atoms with van der Waals surface area (Å²) in [6.07, 6.45) is 3.97. The van der Waals surface area contributed by atoms with Gasteiger partial charge in [-0.25, -0.2) is 0 Å². The number of ether oxygens (including phenoxy) is 1. The van der Waals surface area contributed by atoms with Gasteiger partial charge in [-0.15, -0.1) is 0 Å². The fraction of sp³-hybridized carbons (Fsp3) is 0.647. The maximum absolute atomic E-state index is 10.8. The summed E-state index contributed by atoms with van der Waals surface area (Å²) < 4.78 is 5.44. The molecule has 1 aliphatic rings. The van der Waals surface area contributed by atoms with Crippen molar-refractivity contribution in [2.75, 3.05) is 6.61 Å². The van der Waals surface area contributed by atoms with E-state index in [2.05, 4.69) is 13.8 Å². The maximum Gasteiger partial charge on any atom is 0.139 e. The van der Waals surface area contributed by atoms with Crippen LogP contribution < -0.4 is 4.74 Å². The lowest BCUT2D eigenvalue weighted by Crippen LogP contribution is -2.32. The third kappa shape index (κ3) is 3.67. The van der Waals surface area contributed by atoms with Gasteiger partial charge in [0.15, 0.2) is 0 Å². The molecule has 1 saturated carbocycles. The Kier molecular flexibility index (Phi) is 5.45. The van der Waals surface area contributed by atoms with Crippen LogP contribution in [0.3, 0.4) is 0 Å². The number of aliphatic hydroxyl groups excluding tert-OH is 1. The topological polar surface area (TPSA) is 29.5 Å². The van der Waals surface area contributed by atoms with Crippen LogP contribution in [0.15, 0.2) is 12.1 Å². The largest absolute Gasteiger partial charge is 0.492 e. The quantitative estimate of drug-likeness (QED) is 0.773. The van der Waals surface area contributed by atoms with Gasteiger partial charge in [0.25, 0.3) is 0 Å². The van der Waals surface area contributed by atoms with Gasteiger partial charge in [-0.1, -0.05) is 49.9 Å². The molecule has 1 N–H and O–H groups in total. The summed E-state index contributed by atoms with van der Waals surface area (Å²) in [6, 6.07) is 3.46. The fourth-order valence-electron chi connectivity index (χ4n) is 3.36. The molecule has 0 saturated heterocycles. The van der Waals surface area contributed by atoms with Crippen molar-refractivity contribution in [2.45, 2.75) is 52.6 Å². The van der Waals surface area contributed by atoms with Crippen LogP contribution in [0.2, 0.25) is 10.0 Å². The summed E-state index contributed by atoms with van der Waals surface area (Å²) in [7, 11) is 0. The second-order valence-electron chi connectivity index (χ2n) is 6.52. The summed E-state index contributed by atoms with van der Waals surface area (Å²) in [6.45, 7) is 6.89. The molecule has 2 nitrogen and oxygen atoms in total. The predicted molar refractivity (Wildman–Crippen MR) is 88.3 cm³/mol. The Balaban J connectivity index is 2.30. The van der Waals surface area contributed by atoms with Gasteiger partial charge in [0, 0.05) is 11.6 Å². The average Bonchev–Trinajstić information content (AvgIpc) is 2.41. The van der Waals surface area contributed by atoms with Crippen LogP contribution >= 0.6 is 23.2 Å². The lowest BCUT2D eigenvalue weighted by Gasteiger charge is -2.41. The van der Waals surface area contributed by atoms with Crippen LogP contribution in [-0.4, -0.2) is 11.7 Å². The van der Waals surface area contributed by atoms with Crippen LogP contribution in [0.25, 0.3) is 0 Å². The molecule has 2 rings (SSSR count). The van der Waals surface area contributed by atoms with Crippen molar-refractivity contribution in [3.8, 4) is 5.75 Å². The fourth-order valence-corrected chi connectivity index (χ4v) is 3.85. The lowest BCUT2D eigenvalue weighted by atomic mass is 9.65. The van der Waals surface area contributed by atoms with Gasteiger partial charge in [0.2, 0.25) is 0 Å². The molecular weight excluding hydrogens is 307 g/mol. The van der Waals surface area contributed by atoms with Gasteiger partial charge in [0.1, 0.15) is 5.75 Å². The van der Waals surface area contributed by atoms with E-state index < -0.39 is 6.10 Å². The second kappa shape index (κ2) is 6.76. The van der Waals surface area contributed by atoms with E-state index in [0.29, 0.717) is 28.0 Å². The zero-order chi connectivity index (χ0) is 15.6. The minimum atomic E-state index is -0.582. The highest BCUT2D eigenvalue weighted by Gasteiger charge is 2.38. The molecule has 118 valence electrons. The smallest absolute Gasteiger partial charge is 0.139 e. The molecule has 2 unspecified atom stereocenters. The molecule has 0 spiro atoms. The summed E-state index contributed by atoms with van der Waals surface area (Å²) in [5, 5.41) is 11.9. The van der Waals surface area contributed by atoms with E-state index in [9.17, 15) is 5.11 Å². The first-order chi connectivity index (χ1) is 9.86. The Labute approximate surface area is 137 Å². The third-order valence-corrected chi connectivity index (χ3v) is 5.26. The van der Waals surface area contributed by atoms with E-state index in [1.807, 2.05) is 6.92 Å². The first-order valence-electron chi connectivity index (χ1n) is 7.66. The van der Waals surface area contributed by atoms with E-state index in [1.165, 1.54) is 6.42 Å². The normalized spacial score (nSPS) is 22.9. The van der Waals surface area contributed by atoms with Crippen molar-refractivity contribution in [3.63, 3.8) is 0 Å². The zero-order valence-corrected chi connectivity index (χ0v) is 14.5. The van der Waals surface area contributed by atoms with Crippen molar-refractivity contribution in [3.05, 3.63) is 27.7 Å². The van der Waals surface area contributed by atoms with Gasteiger partial charge >= 0.3 is 0 Å². The molecule has 2 atom stereocenters. The van der Waals surface area contributed by atoms with Gasteiger partial charge in [-0.05, 0) is 37.2 Å². The van der Waals surface area contributed by atoms with E-state index >= 15 is 0 Å². The van der Waals surface area contributed by atoms with Crippen LogP contribution in [-0.2, 0) is 0 Å². The molecule has 0 radical (unpaired) electrons.